The minimum atomic E-state index is 0.443. The molecule has 5 heteroatoms. The highest BCUT2D eigenvalue weighted by Gasteiger charge is 2.15. The molecule has 2 aromatic rings. The third kappa shape index (κ3) is 5.35. The molecule has 5 nitrogen and oxygen atoms in total. The van der Waals surface area contributed by atoms with Gasteiger partial charge in [0.25, 0.3) is 0 Å². The molecule has 0 fully saturated rings. The van der Waals surface area contributed by atoms with Gasteiger partial charge in [-0.05, 0) is 45.0 Å². The molecule has 0 amide bonds. The van der Waals surface area contributed by atoms with Crippen LogP contribution < -0.4 is 10.6 Å². The lowest BCUT2D eigenvalue weighted by atomic mass is 10.1. The predicted octanol–water partition coefficient (Wildman–Crippen LogP) is 4.30. The van der Waals surface area contributed by atoms with Crippen molar-refractivity contribution in [1.82, 2.24) is 9.97 Å². The Balaban J connectivity index is 2.24. The van der Waals surface area contributed by atoms with Crippen LogP contribution in [0.15, 0.2) is 49.4 Å². The van der Waals surface area contributed by atoms with Crippen molar-refractivity contribution in [3.05, 3.63) is 60.5 Å². The third-order valence-corrected chi connectivity index (χ3v) is 4.08. The Kier molecular flexibility index (Phi) is 7.01. The van der Waals surface area contributed by atoms with E-state index in [4.69, 9.17) is 21.9 Å². The van der Waals surface area contributed by atoms with E-state index in [9.17, 15) is 0 Å². The van der Waals surface area contributed by atoms with Crippen LogP contribution in [0.25, 0.3) is 11.4 Å². The Morgan fingerprint density at radius 1 is 1.37 bits per heavy atom. The molecule has 0 atom stereocenters. The van der Waals surface area contributed by atoms with E-state index in [1.807, 2.05) is 43.0 Å². The molecule has 0 aliphatic heterocycles. The van der Waals surface area contributed by atoms with Crippen molar-refractivity contribution in [2.24, 2.45) is 0 Å². The summed E-state index contributed by atoms with van der Waals surface area (Å²) in [5.74, 6) is 5.10. The minimum absolute atomic E-state index is 0.443. The fraction of sp³-hybridized carbons (Fsp3) is 0.273. The predicted molar refractivity (Wildman–Crippen MR) is 112 cm³/mol. The van der Waals surface area contributed by atoms with Gasteiger partial charge in [-0.25, -0.2) is 9.97 Å². The van der Waals surface area contributed by atoms with E-state index in [1.165, 1.54) is 0 Å². The first-order valence-corrected chi connectivity index (χ1v) is 8.85. The van der Waals surface area contributed by atoms with E-state index in [2.05, 4.69) is 24.1 Å². The van der Waals surface area contributed by atoms with E-state index >= 15 is 0 Å². The molecule has 0 aliphatic carbocycles. The zero-order valence-electron chi connectivity index (χ0n) is 16.0. The highest BCUT2D eigenvalue weighted by atomic mass is 16.5. The number of nitrogens with two attached hydrogens (primary N) is 1. The zero-order chi connectivity index (χ0) is 19.8. The minimum Gasteiger partial charge on any atom is -0.499 e. The van der Waals surface area contributed by atoms with Crippen LogP contribution in [0.4, 0.5) is 11.6 Å². The lowest BCUT2D eigenvalue weighted by molar-refractivity contribution is 0.210. The molecule has 0 radical (unpaired) electrons. The molecule has 140 valence electrons. The molecule has 2 N–H and O–H groups in total. The van der Waals surface area contributed by atoms with Crippen LogP contribution >= 0.6 is 0 Å². The molecule has 2 rings (SSSR count). The van der Waals surface area contributed by atoms with Gasteiger partial charge in [-0.1, -0.05) is 31.2 Å². The number of rotatable bonds is 9. The van der Waals surface area contributed by atoms with Crippen molar-refractivity contribution in [1.29, 1.82) is 0 Å². The maximum absolute atomic E-state index is 6.15. The Hall–Kier alpha value is -3.26. The molecule has 0 spiro atoms. The lowest BCUT2D eigenvalue weighted by Crippen LogP contribution is -2.21. The van der Waals surface area contributed by atoms with Crippen molar-refractivity contribution >= 4 is 11.6 Å². The first kappa shape index (κ1) is 20.1. The van der Waals surface area contributed by atoms with Gasteiger partial charge in [0.1, 0.15) is 11.6 Å². The van der Waals surface area contributed by atoms with E-state index in [1.54, 1.807) is 6.20 Å². The molecule has 1 aromatic carbocycles. The Morgan fingerprint density at radius 3 is 2.81 bits per heavy atom. The Morgan fingerprint density at radius 2 is 2.15 bits per heavy atom. The van der Waals surface area contributed by atoms with Crippen LogP contribution in [0, 0.1) is 19.3 Å². The quantitative estimate of drug-likeness (QED) is 0.409. The number of aromatic nitrogens is 2. The lowest BCUT2D eigenvalue weighted by Gasteiger charge is -2.22. The second kappa shape index (κ2) is 9.44. The highest BCUT2D eigenvalue weighted by Crippen LogP contribution is 2.27. The summed E-state index contributed by atoms with van der Waals surface area (Å²) in [6.07, 6.45) is 9.09. The summed E-state index contributed by atoms with van der Waals surface area (Å²) in [4.78, 5) is 11.1. The number of hydrogen-bond donors (Lipinski definition) is 1. The standard InChI is InChI=1S/C22H26N4O/c1-6-18-11-10-12-19(15-18)21-24-20(23)17(5)22(25-21)26(7-2)13-8-9-14-27-16(3)4/h1,7,10-12,15H,2-3,8-9,13-14H2,4-5H3,(H2,23,24,25). The highest BCUT2D eigenvalue weighted by molar-refractivity contribution is 5.66. The van der Waals surface area contributed by atoms with Crippen LogP contribution in [0.2, 0.25) is 0 Å². The van der Waals surface area contributed by atoms with Crippen LogP contribution in [0.1, 0.15) is 30.9 Å². The third-order valence-electron chi connectivity index (χ3n) is 4.08. The number of ether oxygens (including phenoxy) is 1. The number of unbranched alkanes of at least 4 members (excludes halogenated alkanes) is 1. The first-order chi connectivity index (χ1) is 13.0. The maximum atomic E-state index is 6.15. The number of hydrogen-bond acceptors (Lipinski definition) is 5. The fourth-order valence-corrected chi connectivity index (χ4v) is 2.59. The normalized spacial score (nSPS) is 10.1. The zero-order valence-corrected chi connectivity index (χ0v) is 16.0. The smallest absolute Gasteiger partial charge is 0.163 e. The summed E-state index contributed by atoms with van der Waals surface area (Å²) in [6.45, 7) is 12.8. The molecular weight excluding hydrogens is 336 g/mol. The molecule has 1 aromatic heterocycles. The van der Waals surface area contributed by atoms with Crippen LogP contribution in [0.3, 0.4) is 0 Å². The van der Waals surface area contributed by atoms with E-state index in [-0.39, 0.29) is 0 Å². The Bertz CT molecular complexity index is 867. The van der Waals surface area contributed by atoms with E-state index in [0.29, 0.717) is 18.2 Å². The molecule has 0 aliphatic rings. The van der Waals surface area contributed by atoms with E-state index in [0.717, 1.165) is 47.7 Å². The van der Waals surface area contributed by atoms with Crippen LogP contribution in [0.5, 0.6) is 0 Å². The summed E-state index contributed by atoms with van der Waals surface area (Å²) >= 11 is 0. The number of allylic oxidation sites excluding steroid dienone is 1. The van der Waals surface area contributed by atoms with Gasteiger partial charge in [-0.2, -0.15) is 0 Å². The molecule has 1 heterocycles. The van der Waals surface area contributed by atoms with Gasteiger partial charge in [-0.3, -0.25) is 0 Å². The van der Waals surface area contributed by atoms with Gasteiger partial charge in [-0.15, -0.1) is 6.42 Å². The Labute approximate surface area is 161 Å². The number of benzene rings is 1. The van der Waals surface area contributed by atoms with Gasteiger partial charge < -0.3 is 15.4 Å². The van der Waals surface area contributed by atoms with Gasteiger partial charge in [0, 0.05) is 23.2 Å². The summed E-state index contributed by atoms with van der Waals surface area (Å²) in [6, 6.07) is 7.55. The summed E-state index contributed by atoms with van der Waals surface area (Å²) in [7, 11) is 0. The molecular formula is C22H26N4O. The van der Waals surface area contributed by atoms with Crippen molar-refractivity contribution in [3.63, 3.8) is 0 Å². The van der Waals surface area contributed by atoms with Crippen LogP contribution in [-0.2, 0) is 4.74 Å². The number of nitrogens with zero attached hydrogens (tertiary/aromatic N) is 3. The molecule has 0 saturated heterocycles. The average Bonchev–Trinajstić information content (AvgIpc) is 2.67. The van der Waals surface area contributed by atoms with E-state index < -0.39 is 0 Å². The number of anilines is 2. The van der Waals surface area contributed by atoms with Gasteiger partial charge in [0.2, 0.25) is 0 Å². The van der Waals surface area contributed by atoms with Gasteiger partial charge >= 0.3 is 0 Å². The molecule has 0 unspecified atom stereocenters. The topological polar surface area (TPSA) is 64.3 Å². The number of terminal acetylenes is 1. The van der Waals surface area contributed by atoms with Gasteiger partial charge in [0.05, 0.1) is 12.4 Å². The molecule has 0 bridgehead atoms. The number of nitrogen functional groups attached to an aromatic ring is 1. The van der Waals surface area contributed by atoms with Crippen molar-refractivity contribution < 1.29 is 4.74 Å². The second-order valence-electron chi connectivity index (χ2n) is 6.24. The fourth-order valence-electron chi connectivity index (χ4n) is 2.59. The SMILES string of the molecule is C#Cc1cccc(-c2nc(N)c(C)c(N(C=C)CCCCOC(=C)C)n2)c1. The largest absolute Gasteiger partial charge is 0.499 e. The van der Waals surface area contributed by atoms with Crippen molar-refractivity contribution in [2.45, 2.75) is 26.7 Å². The van der Waals surface area contributed by atoms with Crippen molar-refractivity contribution in [2.75, 3.05) is 23.8 Å². The average molecular weight is 362 g/mol. The molecule has 27 heavy (non-hydrogen) atoms. The van der Waals surface area contributed by atoms with Crippen molar-refractivity contribution in [3.8, 4) is 23.7 Å². The summed E-state index contributed by atoms with van der Waals surface area (Å²) < 4.78 is 5.40. The maximum Gasteiger partial charge on any atom is 0.163 e. The summed E-state index contributed by atoms with van der Waals surface area (Å²) in [5, 5.41) is 0. The molecule has 0 saturated carbocycles. The first-order valence-electron chi connectivity index (χ1n) is 8.85. The second-order valence-corrected chi connectivity index (χ2v) is 6.24. The van der Waals surface area contributed by atoms with Crippen LogP contribution in [-0.4, -0.2) is 23.1 Å². The van der Waals surface area contributed by atoms with Gasteiger partial charge in [0.15, 0.2) is 5.82 Å². The summed E-state index contributed by atoms with van der Waals surface area (Å²) in [5.41, 5.74) is 8.58. The monoisotopic (exact) mass is 362 g/mol.